The van der Waals surface area contributed by atoms with Crippen molar-refractivity contribution in [1.82, 2.24) is 9.80 Å². The average Bonchev–Trinajstić information content (AvgIpc) is 2.56. The number of carbonyl (C=O) groups excluding carboxylic acids is 2. The zero-order valence-electron chi connectivity index (χ0n) is 13.5. The van der Waals surface area contributed by atoms with Gasteiger partial charge in [-0.3, -0.25) is 9.59 Å². The highest BCUT2D eigenvalue weighted by molar-refractivity contribution is 5.78. The van der Waals surface area contributed by atoms with E-state index < -0.39 is 0 Å². The van der Waals surface area contributed by atoms with Crippen molar-refractivity contribution in [2.45, 2.75) is 20.3 Å². The van der Waals surface area contributed by atoms with Gasteiger partial charge < -0.3 is 14.7 Å². The molecule has 0 N–H and O–H groups in total. The monoisotopic (exact) mass is 303 g/mol. The van der Waals surface area contributed by atoms with Crippen molar-refractivity contribution in [3.8, 4) is 0 Å². The van der Waals surface area contributed by atoms with Gasteiger partial charge in [0.25, 0.3) is 0 Å². The average molecular weight is 303 g/mol. The van der Waals surface area contributed by atoms with Gasteiger partial charge in [-0.05, 0) is 19.1 Å². The summed E-state index contributed by atoms with van der Waals surface area (Å²) in [5.41, 5.74) is 1.15. The Hall–Kier alpha value is -2.04. The van der Waals surface area contributed by atoms with E-state index in [1.54, 1.807) is 11.8 Å². The number of nitrogens with zero attached hydrogens (tertiary/aromatic N) is 3. The Morgan fingerprint density at radius 1 is 1.05 bits per heavy atom. The van der Waals surface area contributed by atoms with Crippen LogP contribution in [0.4, 0.5) is 5.69 Å². The zero-order valence-corrected chi connectivity index (χ0v) is 13.5. The number of anilines is 1. The third-order valence-electron chi connectivity index (χ3n) is 4.18. The summed E-state index contributed by atoms with van der Waals surface area (Å²) in [5.74, 6) is 0.269. The molecule has 1 aromatic rings. The highest BCUT2D eigenvalue weighted by Gasteiger charge is 2.22. The van der Waals surface area contributed by atoms with Gasteiger partial charge in [-0.1, -0.05) is 18.2 Å². The number of hydrogen-bond acceptors (Lipinski definition) is 3. The fourth-order valence-electron chi connectivity index (χ4n) is 2.77. The second-order valence-electron chi connectivity index (χ2n) is 5.55. The van der Waals surface area contributed by atoms with Crippen molar-refractivity contribution in [1.29, 1.82) is 0 Å². The van der Waals surface area contributed by atoms with Crippen molar-refractivity contribution in [2.75, 3.05) is 44.2 Å². The van der Waals surface area contributed by atoms with Crippen molar-refractivity contribution in [2.24, 2.45) is 0 Å². The lowest BCUT2D eigenvalue weighted by Crippen LogP contribution is -2.50. The molecule has 0 radical (unpaired) electrons. The van der Waals surface area contributed by atoms with Crippen LogP contribution in [-0.2, 0) is 9.59 Å². The SMILES string of the molecule is CCN(CCC(=O)N1CCN(C(C)=O)CC1)c1ccccc1. The summed E-state index contributed by atoms with van der Waals surface area (Å²) >= 11 is 0. The lowest BCUT2D eigenvalue weighted by molar-refractivity contribution is -0.138. The van der Waals surface area contributed by atoms with Crippen LogP contribution in [0.1, 0.15) is 20.3 Å². The predicted molar refractivity (Wildman–Crippen MR) is 87.8 cm³/mol. The van der Waals surface area contributed by atoms with Crippen LogP contribution in [0.15, 0.2) is 30.3 Å². The Morgan fingerprint density at radius 3 is 2.18 bits per heavy atom. The van der Waals surface area contributed by atoms with Crippen molar-refractivity contribution >= 4 is 17.5 Å². The molecule has 1 aromatic carbocycles. The summed E-state index contributed by atoms with van der Waals surface area (Å²) in [5, 5.41) is 0. The number of hydrogen-bond donors (Lipinski definition) is 0. The lowest BCUT2D eigenvalue weighted by atomic mass is 10.2. The molecule has 0 bridgehead atoms. The molecule has 1 saturated heterocycles. The van der Waals surface area contributed by atoms with Crippen LogP contribution >= 0.6 is 0 Å². The molecule has 22 heavy (non-hydrogen) atoms. The summed E-state index contributed by atoms with van der Waals surface area (Å²) in [4.78, 5) is 29.5. The Bertz CT molecular complexity index is 496. The van der Waals surface area contributed by atoms with Gasteiger partial charge in [-0.25, -0.2) is 0 Å². The lowest BCUT2D eigenvalue weighted by Gasteiger charge is -2.34. The minimum Gasteiger partial charge on any atom is -0.371 e. The Kier molecular flexibility index (Phi) is 5.81. The molecule has 1 aliphatic heterocycles. The first-order valence-corrected chi connectivity index (χ1v) is 7.95. The molecule has 0 aromatic heterocycles. The number of para-hydroxylation sites is 1. The standard InChI is InChI=1S/C17H25N3O2/c1-3-18(16-7-5-4-6-8-16)10-9-17(22)20-13-11-19(12-14-20)15(2)21/h4-8H,3,9-14H2,1-2H3. The van der Waals surface area contributed by atoms with Gasteiger partial charge in [-0.2, -0.15) is 0 Å². The number of rotatable bonds is 5. The maximum absolute atomic E-state index is 12.3. The third kappa shape index (κ3) is 4.23. The normalized spacial score (nSPS) is 14.8. The number of amides is 2. The molecule has 5 nitrogen and oxygen atoms in total. The number of carbonyl (C=O) groups is 2. The van der Waals surface area contributed by atoms with Gasteiger partial charge >= 0.3 is 0 Å². The molecular formula is C17H25N3O2. The van der Waals surface area contributed by atoms with E-state index in [0.29, 0.717) is 32.6 Å². The molecule has 120 valence electrons. The van der Waals surface area contributed by atoms with Gasteiger partial charge in [0.2, 0.25) is 11.8 Å². The Balaban J connectivity index is 1.81. The molecule has 0 aliphatic carbocycles. The van der Waals surface area contributed by atoms with E-state index in [2.05, 4.69) is 24.0 Å². The van der Waals surface area contributed by atoms with E-state index in [1.165, 1.54) is 0 Å². The minimum atomic E-state index is 0.0911. The first kappa shape index (κ1) is 16.3. The Labute approximate surface area is 132 Å². The van der Waals surface area contributed by atoms with Crippen LogP contribution < -0.4 is 4.90 Å². The van der Waals surface area contributed by atoms with E-state index in [4.69, 9.17) is 0 Å². The fraction of sp³-hybridized carbons (Fsp3) is 0.529. The van der Waals surface area contributed by atoms with Gasteiger partial charge in [0.1, 0.15) is 0 Å². The molecule has 1 aliphatic rings. The largest absolute Gasteiger partial charge is 0.371 e. The van der Waals surface area contributed by atoms with E-state index in [1.807, 2.05) is 23.1 Å². The number of piperazine rings is 1. The highest BCUT2D eigenvalue weighted by atomic mass is 16.2. The van der Waals surface area contributed by atoms with E-state index in [9.17, 15) is 9.59 Å². The molecular weight excluding hydrogens is 278 g/mol. The molecule has 0 spiro atoms. The van der Waals surface area contributed by atoms with Gasteiger partial charge in [-0.15, -0.1) is 0 Å². The first-order valence-electron chi connectivity index (χ1n) is 7.95. The van der Waals surface area contributed by atoms with Crippen LogP contribution in [0.5, 0.6) is 0 Å². The summed E-state index contributed by atoms with van der Waals surface area (Å²) < 4.78 is 0. The predicted octanol–water partition coefficient (Wildman–Crippen LogP) is 1.59. The molecule has 1 fully saturated rings. The maximum Gasteiger partial charge on any atom is 0.224 e. The van der Waals surface area contributed by atoms with Crippen LogP contribution in [0.2, 0.25) is 0 Å². The quantitative estimate of drug-likeness (QED) is 0.830. The topological polar surface area (TPSA) is 43.9 Å². The van der Waals surface area contributed by atoms with Gasteiger partial charge in [0, 0.05) is 58.3 Å². The fourth-order valence-corrected chi connectivity index (χ4v) is 2.77. The maximum atomic E-state index is 12.3. The van der Waals surface area contributed by atoms with Crippen LogP contribution in [-0.4, -0.2) is 60.9 Å². The summed E-state index contributed by atoms with van der Waals surface area (Å²) in [6.45, 7) is 7.89. The molecule has 0 saturated carbocycles. The summed E-state index contributed by atoms with van der Waals surface area (Å²) in [6, 6.07) is 10.2. The van der Waals surface area contributed by atoms with Crippen molar-refractivity contribution < 1.29 is 9.59 Å². The molecule has 0 unspecified atom stereocenters. The van der Waals surface area contributed by atoms with Crippen molar-refractivity contribution in [3.63, 3.8) is 0 Å². The Morgan fingerprint density at radius 2 is 1.64 bits per heavy atom. The molecule has 2 amide bonds. The van der Waals surface area contributed by atoms with Gasteiger partial charge in [0.05, 0.1) is 0 Å². The second kappa shape index (κ2) is 7.82. The molecule has 1 heterocycles. The summed E-state index contributed by atoms with van der Waals surface area (Å²) in [7, 11) is 0. The minimum absolute atomic E-state index is 0.0911. The van der Waals surface area contributed by atoms with E-state index >= 15 is 0 Å². The van der Waals surface area contributed by atoms with Crippen LogP contribution in [0.3, 0.4) is 0 Å². The second-order valence-corrected chi connectivity index (χ2v) is 5.55. The molecule has 0 atom stereocenters. The van der Waals surface area contributed by atoms with Crippen LogP contribution in [0, 0.1) is 0 Å². The first-order chi connectivity index (χ1) is 10.6. The van der Waals surface area contributed by atoms with Crippen molar-refractivity contribution in [3.05, 3.63) is 30.3 Å². The summed E-state index contributed by atoms with van der Waals surface area (Å²) in [6.07, 6.45) is 0.517. The third-order valence-corrected chi connectivity index (χ3v) is 4.18. The van der Waals surface area contributed by atoms with Gasteiger partial charge in [0.15, 0.2) is 0 Å². The number of benzene rings is 1. The zero-order chi connectivity index (χ0) is 15.9. The molecule has 2 rings (SSSR count). The van der Waals surface area contributed by atoms with E-state index in [0.717, 1.165) is 18.8 Å². The molecule has 5 heteroatoms. The smallest absolute Gasteiger partial charge is 0.224 e. The van der Waals surface area contributed by atoms with E-state index in [-0.39, 0.29) is 11.8 Å². The van der Waals surface area contributed by atoms with Crippen LogP contribution in [0.25, 0.3) is 0 Å². The highest BCUT2D eigenvalue weighted by Crippen LogP contribution is 2.13.